The van der Waals surface area contributed by atoms with E-state index in [1.165, 1.54) is 6.07 Å². The summed E-state index contributed by atoms with van der Waals surface area (Å²) in [5.41, 5.74) is 1.65. The van der Waals surface area contributed by atoms with Gasteiger partial charge in [-0.15, -0.1) is 0 Å². The molecule has 0 fully saturated rings. The monoisotopic (exact) mass is 338 g/mol. The largest absolute Gasteiger partial charge is 0.387 e. The first kappa shape index (κ1) is 15.1. The molecule has 2 unspecified atom stereocenters. The maximum Gasteiger partial charge on any atom is 0.137 e. The van der Waals surface area contributed by atoms with E-state index in [-0.39, 0.29) is 11.9 Å². The van der Waals surface area contributed by atoms with Crippen molar-refractivity contribution in [3.63, 3.8) is 0 Å². The van der Waals surface area contributed by atoms with Crippen LogP contribution in [-0.4, -0.2) is 16.6 Å². The molecule has 1 aromatic carbocycles. The summed E-state index contributed by atoms with van der Waals surface area (Å²) in [5.74, 6) is -0.286. The predicted octanol–water partition coefficient (Wildman–Crippen LogP) is 3.37. The summed E-state index contributed by atoms with van der Waals surface area (Å²) in [6.07, 6.45) is 2.68. The van der Waals surface area contributed by atoms with Crippen LogP contribution in [0, 0.1) is 5.82 Å². The second kappa shape index (κ2) is 6.92. The molecule has 1 heterocycles. The molecule has 0 radical (unpaired) electrons. The summed E-state index contributed by atoms with van der Waals surface area (Å²) >= 11 is 3.13. The Bertz CT molecular complexity index is 565. The molecule has 0 saturated carbocycles. The van der Waals surface area contributed by atoms with E-state index in [1.54, 1.807) is 30.6 Å². The van der Waals surface area contributed by atoms with Crippen LogP contribution in [0.15, 0.2) is 47.2 Å². The summed E-state index contributed by atoms with van der Waals surface area (Å²) in [6, 6.07) is 8.52. The minimum atomic E-state index is -0.610. The topological polar surface area (TPSA) is 45.1 Å². The summed E-state index contributed by atoms with van der Waals surface area (Å²) in [7, 11) is 0. The van der Waals surface area contributed by atoms with Crippen molar-refractivity contribution >= 4 is 15.9 Å². The number of aliphatic hydroxyl groups is 1. The Morgan fingerprint density at radius 2 is 1.95 bits per heavy atom. The molecule has 2 N–H and O–H groups in total. The molecule has 0 amide bonds. The zero-order valence-corrected chi connectivity index (χ0v) is 12.6. The van der Waals surface area contributed by atoms with Crippen LogP contribution in [0.2, 0.25) is 0 Å². The Labute approximate surface area is 126 Å². The van der Waals surface area contributed by atoms with Gasteiger partial charge < -0.3 is 10.4 Å². The summed E-state index contributed by atoms with van der Waals surface area (Å²) in [4.78, 5) is 3.91. The lowest BCUT2D eigenvalue weighted by atomic mass is 10.1. The predicted molar refractivity (Wildman–Crippen MR) is 79.7 cm³/mol. The van der Waals surface area contributed by atoms with Crippen molar-refractivity contribution in [1.29, 1.82) is 0 Å². The first-order chi connectivity index (χ1) is 9.58. The molecule has 1 aromatic heterocycles. The van der Waals surface area contributed by atoms with Crippen LogP contribution in [0.4, 0.5) is 4.39 Å². The van der Waals surface area contributed by atoms with Crippen molar-refractivity contribution in [2.24, 2.45) is 0 Å². The average Bonchev–Trinajstić information content (AvgIpc) is 2.48. The third-order valence-electron chi connectivity index (χ3n) is 3.15. The van der Waals surface area contributed by atoms with Gasteiger partial charge in [-0.25, -0.2) is 4.39 Å². The number of hydrogen-bond donors (Lipinski definition) is 2. The third-order valence-corrected chi connectivity index (χ3v) is 3.80. The molecule has 0 aliphatic heterocycles. The van der Waals surface area contributed by atoms with Gasteiger partial charge in [0, 0.05) is 25.0 Å². The number of benzene rings is 1. The van der Waals surface area contributed by atoms with Crippen molar-refractivity contribution < 1.29 is 9.50 Å². The lowest BCUT2D eigenvalue weighted by Crippen LogP contribution is -2.24. The second-order valence-corrected chi connectivity index (χ2v) is 5.45. The fourth-order valence-electron chi connectivity index (χ4n) is 1.89. The van der Waals surface area contributed by atoms with E-state index in [0.29, 0.717) is 11.0 Å². The van der Waals surface area contributed by atoms with Gasteiger partial charge in [0.05, 0.1) is 10.6 Å². The Morgan fingerprint density at radius 3 is 2.60 bits per heavy atom. The van der Waals surface area contributed by atoms with E-state index in [1.807, 2.05) is 13.0 Å². The van der Waals surface area contributed by atoms with Gasteiger partial charge in [0.25, 0.3) is 0 Å². The molecular formula is C15H16BrFN2O. The Morgan fingerprint density at radius 1 is 1.25 bits per heavy atom. The van der Waals surface area contributed by atoms with E-state index < -0.39 is 6.10 Å². The Kier molecular flexibility index (Phi) is 5.23. The van der Waals surface area contributed by atoms with Crippen molar-refractivity contribution in [3.8, 4) is 0 Å². The van der Waals surface area contributed by atoms with Crippen molar-refractivity contribution in [2.75, 3.05) is 6.54 Å². The van der Waals surface area contributed by atoms with Gasteiger partial charge in [-0.1, -0.05) is 6.07 Å². The minimum Gasteiger partial charge on any atom is -0.387 e. The molecule has 0 saturated heterocycles. The van der Waals surface area contributed by atoms with Gasteiger partial charge in [-0.3, -0.25) is 4.98 Å². The smallest absolute Gasteiger partial charge is 0.137 e. The van der Waals surface area contributed by atoms with Gasteiger partial charge in [0.2, 0.25) is 0 Å². The summed E-state index contributed by atoms with van der Waals surface area (Å²) in [5, 5.41) is 13.2. The second-order valence-electron chi connectivity index (χ2n) is 4.60. The number of nitrogens with one attached hydrogen (secondary N) is 1. The number of halogens is 2. The normalized spacial score (nSPS) is 14.0. The van der Waals surface area contributed by atoms with E-state index in [2.05, 4.69) is 26.2 Å². The third kappa shape index (κ3) is 3.85. The maximum absolute atomic E-state index is 13.5. The fraction of sp³-hybridized carbons (Fsp3) is 0.267. The number of pyridine rings is 1. The Hall–Kier alpha value is -1.30. The van der Waals surface area contributed by atoms with Crippen molar-refractivity contribution in [3.05, 3.63) is 64.1 Å². The highest BCUT2D eigenvalue weighted by molar-refractivity contribution is 9.10. The van der Waals surface area contributed by atoms with E-state index in [0.717, 1.165) is 11.1 Å². The maximum atomic E-state index is 13.5. The van der Waals surface area contributed by atoms with Crippen LogP contribution in [0.25, 0.3) is 0 Å². The molecule has 5 heteroatoms. The Balaban J connectivity index is 1.95. The molecule has 2 aromatic rings. The molecular weight excluding hydrogens is 323 g/mol. The first-order valence-electron chi connectivity index (χ1n) is 6.34. The van der Waals surface area contributed by atoms with E-state index >= 15 is 0 Å². The highest BCUT2D eigenvalue weighted by atomic mass is 79.9. The fourth-order valence-corrected chi connectivity index (χ4v) is 2.14. The number of nitrogens with zero attached hydrogens (tertiary/aromatic N) is 1. The molecule has 0 spiro atoms. The van der Waals surface area contributed by atoms with E-state index in [9.17, 15) is 9.50 Å². The highest BCUT2D eigenvalue weighted by Crippen LogP contribution is 2.21. The van der Waals surface area contributed by atoms with Crippen LogP contribution >= 0.6 is 15.9 Å². The lowest BCUT2D eigenvalue weighted by Gasteiger charge is -2.18. The minimum absolute atomic E-state index is 0.0471. The molecule has 0 aliphatic carbocycles. The van der Waals surface area contributed by atoms with E-state index in [4.69, 9.17) is 0 Å². The van der Waals surface area contributed by atoms with Crippen molar-refractivity contribution in [2.45, 2.75) is 19.1 Å². The standard InChI is InChI=1S/C15H16BrFN2O/c1-10(12-2-3-13(16)14(17)8-12)19-9-15(20)11-4-6-18-7-5-11/h2-8,10,15,19-20H,9H2,1H3. The SMILES string of the molecule is CC(NCC(O)c1ccncc1)c1ccc(Br)c(F)c1. The van der Waals surface area contributed by atoms with Gasteiger partial charge in [0.15, 0.2) is 0 Å². The number of aliphatic hydroxyl groups excluding tert-OH is 1. The van der Waals surface area contributed by atoms with Crippen LogP contribution in [0.3, 0.4) is 0 Å². The molecule has 2 rings (SSSR count). The average molecular weight is 339 g/mol. The van der Waals surface area contributed by atoms with Crippen molar-refractivity contribution in [1.82, 2.24) is 10.3 Å². The van der Waals surface area contributed by atoms with Gasteiger partial charge in [0.1, 0.15) is 5.82 Å². The quantitative estimate of drug-likeness (QED) is 0.878. The van der Waals surface area contributed by atoms with Crippen LogP contribution in [0.1, 0.15) is 30.2 Å². The molecule has 0 aliphatic rings. The molecule has 0 bridgehead atoms. The number of rotatable bonds is 5. The highest BCUT2D eigenvalue weighted by Gasteiger charge is 2.11. The number of hydrogen-bond acceptors (Lipinski definition) is 3. The molecule has 106 valence electrons. The zero-order chi connectivity index (χ0) is 14.5. The summed E-state index contributed by atoms with van der Waals surface area (Å²) < 4.78 is 13.9. The van der Waals surface area contributed by atoms with Crippen LogP contribution in [0.5, 0.6) is 0 Å². The first-order valence-corrected chi connectivity index (χ1v) is 7.13. The van der Waals surface area contributed by atoms with Crippen LogP contribution in [-0.2, 0) is 0 Å². The van der Waals surface area contributed by atoms with Gasteiger partial charge in [-0.2, -0.15) is 0 Å². The van der Waals surface area contributed by atoms with Gasteiger partial charge >= 0.3 is 0 Å². The molecule has 20 heavy (non-hydrogen) atoms. The lowest BCUT2D eigenvalue weighted by molar-refractivity contribution is 0.170. The molecule has 2 atom stereocenters. The van der Waals surface area contributed by atoms with Crippen LogP contribution < -0.4 is 5.32 Å². The number of aromatic nitrogens is 1. The van der Waals surface area contributed by atoms with Gasteiger partial charge in [-0.05, 0) is 58.2 Å². The zero-order valence-electron chi connectivity index (χ0n) is 11.1. The summed E-state index contributed by atoms with van der Waals surface area (Å²) in [6.45, 7) is 2.32. The molecule has 3 nitrogen and oxygen atoms in total.